The van der Waals surface area contributed by atoms with Crippen molar-refractivity contribution in [2.45, 2.75) is 55.9 Å². The smallest absolute Gasteiger partial charge is 0.394 e. The molecule has 1 amide bonds. The van der Waals surface area contributed by atoms with Gasteiger partial charge in [-0.15, -0.1) is 13.2 Å². The van der Waals surface area contributed by atoms with Gasteiger partial charge in [0.15, 0.2) is 11.3 Å². The van der Waals surface area contributed by atoms with Gasteiger partial charge in [0.25, 0.3) is 11.1 Å². The highest BCUT2D eigenvalue weighted by Gasteiger charge is 2.39. The van der Waals surface area contributed by atoms with Crippen LogP contribution in [-0.4, -0.2) is 109 Å². The number of ether oxygens (including phenoxy) is 4. The number of aliphatic hydroxyl groups is 2. The van der Waals surface area contributed by atoms with E-state index < -0.39 is 48.7 Å². The summed E-state index contributed by atoms with van der Waals surface area (Å²) in [6.45, 7) is 6.77. The van der Waals surface area contributed by atoms with Crippen LogP contribution in [0.25, 0.3) is 22.1 Å². The molecule has 6 heterocycles. The first kappa shape index (κ1) is 41.4. The summed E-state index contributed by atoms with van der Waals surface area (Å²) >= 11 is 2.07. The number of hydrogen-bond acceptors (Lipinski definition) is 13. The molecule has 0 aliphatic carbocycles. The number of aromatic amines is 2. The molecule has 0 saturated carbocycles. The van der Waals surface area contributed by atoms with Crippen LogP contribution in [0.5, 0.6) is 0 Å². The number of alkyl halides is 3. The molecular weight excluding hydrogens is 850 g/mol. The van der Waals surface area contributed by atoms with Crippen LogP contribution in [0.2, 0.25) is 0 Å². The normalized spacial score (nSPS) is 22.2. The molecule has 6 atom stereocenters. The number of H-pyrrole nitrogens is 2. The zero-order valence-corrected chi connectivity index (χ0v) is 31.0. The number of nitrogen functional groups attached to an aromatic ring is 2. The standard InChI is InChI=1S/C19H20F3N5O5.C14H17IN4O4/c1-2-6-31-11-7-13(32-12(11)9-28)27-8-10(4-3-5-24-17(30)19(20,21)22)14-15(27)25-18(23)26-16(14)29;1-2-3-22-8-4-10(23-9(8)6-20)19-5-7(15)11-12(19)17-14(16)18-13(11)21/h2,8,11-13,28H,1,5-7,9H2,(H,24,30)(H3,23,25,26,29);2,5,8-10,20H,1,3-4,6H2,(H3,16,17,18,21). The molecule has 0 spiro atoms. The minimum absolute atomic E-state index is 0.0495. The Morgan fingerprint density at radius 1 is 0.964 bits per heavy atom. The van der Waals surface area contributed by atoms with Gasteiger partial charge in [0.05, 0.1) is 61.5 Å². The van der Waals surface area contributed by atoms with Crippen LogP contribution in [-0.2, 0) is 23.7 Å². The molecule has 55 heavy (non-hydrogen) atoms. The average Bonchev–Trinajstić information content (AvgIpc) is 3.90. The van der Waals surface area contributed by atoms with Gasteiger partial charge in [-0.3, -0.25) is 24.4 Å². The third kappa shape index (κ3) is 9.37. The number of aromatic nitrogens is 6. The predicted octanol–water partition coefficient (Wildman–Crippen LogP) is 0.950. The van der Waals surface area contributed by atoms with E-state index in [1.54, 1.807) is 28.2 Å². The summed E-state index contributed by atoms with van der Waals surface area (Å²) in [5.41, 5.74) is 11.2. The maximum absolute atomic E-state index is 12.5. The third-order valence-electron chi connectivity index (χ3n) is 8.37. The number of fused-ring (bicyclic) bond motifs is 2. The average molecular weight is 888 g/mol. The summed E-state index contributed by atoms with van der Waals surface area (Å²) in [6, 6.07) is 0. The van der Waals surface area contributed by atoms with E-state index in [1.165, 1.54) is 10.8 Å². The lowest BCUT2D eigenvalue weighted by Crippen LogP contribution is -2.36. The van der Waals surface area contributed by atoms with Crippen molar-refractivity contribution in [3.8, 4) is 11.8 Å². The van der Waals surface area contributed by atoms with Crippen LogP contribution in [0.15, 0.2) is 47.3 Å². The topological polar surface area (TPSA) is 260 Å². The fourth-order valence-electron chi connectivity index (χ4n) is 6.00. The van der Waals surface area contributed by atoms with Gasteiger partial charge in [-0.05, 0) is 22.6 Å². The van der Waals surface area contributed by atoms with Crippen molar-refractivity contribution in [1.82, 2.24) is 34.4 Å². The SMILES string of the molecule is C=CCOC1CC(n2cc(C#CCNC(=O)C(F)(F)F)c3c(=O)[nH]c(N)nc32)OC1CO.C=CCOC1CC(n2cc(I)c3c(=O)[nH]c(N)nc32)OC1CO. The number of rotatable bonds is 11. The van der Waals surface area contributed by atoms with Crippen LogP contribution in [0.1, 0.15) is 30.9 Å². The maximum Gasteiger partial charge on any atom is 0.471 e. The first-order valence-electron chi connectivity index (χ1n) is 16.5. The Labute approximate surface area is 322 Å². The molecule has 2 aliphatic heterocycles. The second kappa shape index (κ2) is 17.8. The van der Waals surface area contributed by atoms with Crippen LogP contribution < -0.4 is 27.9 Å². The number of nitrogens with zero attached hydrogens (tertiary/aromatic N) is 4. The number of aliphatic hydroxyl groups excluding tert-OH is 2. The number of nitrogens with one attached hydrogen (secondary N) is 3. The van der Waals surface area contributed by atoms with Crippen molar-refractivity contribution in [2.24, 2.45) is 0 Å². The molecule has 0 radical (unpaired) electrons. The molecule has 6 unspecified atom stereocenters. The van der Waals surface area contributed by atoms with Crippen LogP contribution in [0, 0.1) is 15.4 Å². The van der Waals surface area contributed by atoms with E-state index in [2.05, 4.69) is 67.5 Å². The number of amides is 1. The first-order chi connectivity index (χ1) is 26.2. The molecule has 4 aromatic rings. The zero-order valence-electron chi connectivity index (χ0n) is 28.8. The van der Waals surface area contributed by atoms with E-state index in [0.29, 0.717) is 30.5 Å². The Morgan fingerprint density at radius 2 is 1.45 bits per heavy atom. The summed E-state index contributed by atoms with van der Waals surface area (Å²) in [7, 11) is 0. The number of hydrogen-bond donors (Lipinski definition) is 7. The lowest BCUT2D eigenvalue weighted by molar-refractivity contribution is -0.173. The molecule has 18 nitrogen and oxygen atoms in total. The van der Waals surface area contributed by atoms with E-state index >= 15 is 0 Å². The molecule has 2 aliphatic rings. The lowest BCUT2D eigenvalue weighted by Gasteiger charge is -2.15. The van der Waals surface area contributed by atoms with Gasteiger partial charge in [0.2, 0.25) is 11.9 Å². The van der Waals surface area contributed by atoms with Crippen molar-refractivity contribution in [3.63, 3.8) is 0 Å². The third-order valence-corrected chi connectivity index (χ3v) is 9.19. The van der Waals surface area contributed by atoms with Gasteiger partial charge >= 0.3 is 12.1 Å². The van der Waals surface area contributed by atoms with Crippen molar-refractivity contribution in [2.75, 3.05) is 44.4 Å². The summed E-state index contributed by atoms with van der Waals surface area (Å²) in [5.74, 6) is 2.71. The van der Waals surface area contributed by atoms with Crippen molar-refractivity contribution >= 4 is 62.5 Å². The van der Waals surface area contributed by atoms with Gasteiger partial charge in [0.1, 0.15) is 24.7 Å². The zero-order chi connectivity index (χ0) is 40.0. The molecular formula is C33H37F3IN9O9. The van der Waals surface area contributed by atoms with Crippen molar-refractivity contribution < 1.29 is 47.1 Å². The van der Waals surface area contributed by atoms with Crippen molar-refractivity contribution in [3.05, 3.63) is 67.5 Å². The summed E-state index contributed by atoms with van der Waals surface area (Å²) in [4.78, 5) is 48.6. The lowest BCUT2D eigenvalue weighted by atomic mass is 10.2. The van der Waals surface area contributed by atoms with Crippen LogP contribution in [0.4, 0.5) is 25.1 Å². The Hall–Kier alpha value is -4.77. The van der Waals surface area contributed by atoms with E-state index in [0.717, 1.165) is 3.57 Å². The highest BCUT2D eigenvalue weighted by atomic mass is 127. The Kier molecular flexibility index (Phi) is 13.4. The molecule has 2 fully saturated rings. The molecule has 22 heteroatoms. The molecule has 9 N–H and O–H groups in total. The number of carbonyl (C=O) groups is 1. The predicted molar refractivity (Wildman–Crippen MR) is 199 cm³/mol. The number of anilines is 2. The molecule has 296 valence electrons. The number of carbonyl (C=O) groups excluding carboxylic acids is 1. The van der Waals surface area contributed by atoms with E-state index in [9.17, 15) is 37.8 Å². The van der Waals surface area contributed by atoms with E-state index in [1.807, 2.05) is 0 Å². The van der Waals surface area contributed by atoms with Crippen LogP contribution in [0.3, 0.4) is 0 Å². The minimum atomic E-state index is -5.02. The number of halogens is 4. The second-order valence-corrected chi connectivity index (χ2v) is 13.2. The monoisotopic (exact) mass is 887 g/mol. The Balaban J connectivity index is 0.000000222. The van der Waals surface area contributed by atoms with Crippen molar-refractivity contribution in [1.29, 1.82) is 0 Å². The summed E-state index contributed by atoms with van der Waals surface area (Å²) in [6.07, 6.45) is -0.579. The van der Waals surface area contributed by atoms with E-state index in [4.69, 9.17) is 30.4 Å². The minimum Gasteiger partial charge on any atom is -0.394 e. The molecule has 0 aromatic carbocycles. The largest absolute Gasteiger partial charge is 0.471 e. The quantitative estimate of drug-likeness (QED) is 0.0630. The van der Waals surface area contributed by atoms with Gasteiger partial charge < -0.3 is 55.1 Å². The molecule has 4 aromatic heterocycles. The van der Waals surface area contributed by atoms with Gasteiger partial charge in [0, 0.05) is 28.8 Å². The number of nitrogens with two attached hydrogens (primary N) is 2. The maximum atomic E-state index is 12.5. The Bertz CT molecular complexity index is 2230. The fourth-order valence-corrected chi connectivity index (χ4v) is 6.79. The first-order valence-corrected chi connectivity index (χ1v) is 17.6. The van der Waals surface area contributed by atoms with Gasteiger partial charge in [-0.1, -0.05) is 24.0 Å². The molecule has 6 rings (SSSR count). The molecule has 2 saturated heterocycles. The summed E-state index contributed by atoms with van der Waals surface area (Å²) < 4.78 is 63.8. The Morgan fingerprint density at radius 3 is 1.95 bits per heavy atom. The highest BCUT2D eigenvalue weighted by Crippen LogP contribution is 2.35. The fraction of sp³-hybridized carbons (Fsp3) is 0.424. The second-order valence-electron chi connectivity index (χ2n) is 12.0. The molecule has 0 bridgehead atoms. The van der Waals surface area contributed by atoms with E-state index in [-0.39, 0.29) is 66.2 Å². The van der Waals surface area contributed by atoms with Gasteiger partial charge in [-0.2, -0.15) is 23.1 Å². The van der Waals surface area contributed by atoms with Crippen LogP contribution >= 0.6 is 22.6 Å². The highest BCUT2D eigenvalue weighted by molar-refractivity contribution is 14.1. The van der Waals surface area contributed by atoms with Gasteiger partial charge in [-0.25, -0.2) is 0 Å². The summed E-state index contributed by atoms with van der Waals surface area (Å²) in [5, 5.41) is 21.2.